The van der Waals surface area contributed by atoms with Crippen LogP contribution in [-0.4, -0.2) is 16.6 Å². The van der Waals surface area contributed by atoms with Gasteiger partial charge in [0.2, 0.25) is 8.32 Å². The van der Waals surface area contributed by atoms with Gasteiger partial charge < -0.3 is 0 Å². The Morgan fingerprint density at radius 3 is 1.45 bits per heavy atom. The minimum atomic E-state index is -2.95. The van der Waals surface area contributed by atoms with Crippen LogP contribution in [0.5, 0.6) is 0 Å². The van der Waals surface area contributed by atoms with Crippen LogP contribution < -0.4 is 15.6 Å². The molecule has 2 nitrogen and oxygen atoms in total. The molecule has 0 fully saturated rings. The molecule has 0 unspecified atom stereocenters. The third-order valence-electron chi connectivity index (χ3n) is 5.17. The topological polar surface area (TPSA) is 18.5 Å². The fraction of sp³-hybridized carbons (Fsp3) is 0.111. The Hall–Kier alpha value is -2.77. The van der Waals surface area contributed by atoms with Gasteiger partial charge in [0.25, 0.3) is 0 Å². The van der Waals surface area contributed by atoms with Crippen LogP contribution >= 0.6 is 0 Å². The zero-order chi connectivity index (χ0) is 21.7. The Labute approximate surface area is 187 Å². The van der Waals surface area contributed by atoms with Gasteiger partial charge in [-0.15, -0.1) is 0 Å². The van der Waals surface area contributed by atoms with E-state index in [1.165, 1.54) is 26.7 Å². The van der Waals surface area contributed by atoms with Crippen molar-refractivity contribution in [3.8, 4) is 11.1 Å². The second-order valence-electron chi connectivity index (χ2n) is 8.60. The fourth-order valence-electron chi connectivity index (χ4n) is 3.81. The van der Waals surface area contributed by atoms with Crippen LogP contribution in [0.1, 0.15) is 0 Å². The van der Waals surface area contributed by atoms with E-state index in [0.717, 1.165) is 0 Å². The lowest BCUT2D eigenvalue weighted by atomic mass is 10.1. The van der Waals surface area contributed by atoms with Crippen molar-refractivity contribution >= 4 is 32.2 Å². The summed E-state index contributed by atoms with van der Waals surface area (Å²) >= 11 is 0. The number of hydrogen-bond donors (Lipinski definition) is 0. The van der Waals surface area contributed by atoms with Crippen molar-refractivity contribution in [2.75, 3.05) is 0 Å². The second kappa shape index (κ2) is 9.16. The molecule has 0 amide bonds. The zero-order valence-corrected chi connectivity index (χ0v) is 20.3. The molecule has 31 heavy (non-hydrogen) atoms. The molecule has 0 saturated heterocycles. The normalized spacial score (nSPS) is 12.0. The fourth-order valence-corrected chi connectivity index (χ4v) is 8.81. The quantitative estimate of drug-likeness (QED) is 0.172. The number of rotatable bonds is 7. The maximum atomic E-state index is 6.72. The van der Waals surface area contributed by atoms with E-state index in [-0.39, 0.29) is 0 Å². The first-order valence-electron chi connectivity index (χ1n) is 10.6. The van der Waals surface area contributed by atoms with E-state index in [9.17, 15) is 0 Å². The van der Waals surface area contributed by atoms with Crippen LogP contribution in [-0.2, 0) is 9.15 Å². The summed E-state index contributed by atoms with van der Waals surface area (Å²) in [6.45, 7) is 6.47. The van der Waals surface area contributed by atoms with Gasteiger partial charge >= 0.3 is 8.32 Å². The minimum Gasteiger partial charge on any atom is -0.297 e. The lowest BCUT2D eigenvalue weighted by molar-refractivity contribution is -0.117. The molecule has 4 aromatic rings. The summed E-state index contributed by atoms with van der Waals surface area (Å²) in [6, 6.07) is 40.3. The molecule has 4 heteroatoms. The summed E-state index contributed by atoms with van der Waals surface area (Å²) in [6.07, 6.45) is 0. The predicted octanol–water partition coefficient (Wildman–Crippen LogP) is 5.10. The van der Waals surface area contributed by atoms with Gasteiger partial charge in [-0.25, -0.2) is 0 Å². The first kappa shape index (κ1) is 21.5. The molecule has 0 bridgehead atoms. The van der Waals surface area contributed by atoms with Crippen LogP contribution in [0.4, 0.5) is 0 Å². The first-order chi connectivity index (χ1) is 15.0. The van der Waals surface area contributed by atoms with Gasteiger partial charge in [0.05, 0.1) is 0 Å². The van der Waals surface area contributed by atoms with Gasteiger partial charge in [0.15, 0.2) is 0 Å². The molecule has 0 atom stereocenters. The van der Waals surface area contributed by atoms with Gasteiger partial charge in [-0.2, -0.15) is 0 Å². The predicted molar refractivity (Wildman–Crippen MR) is 135 cm³/mol. The Morgan fingerprint density at radius 2 is 0.935 bits per heavy atom. The molecule has 0 N–H and O–H groups in total. The highest BCUT2D eigenvalue weighted by Gasteiger charge is 2.46. The van der Waals surface area contributed by atoms with Crippen molar-refractivity contribution in [3.05, 3.63) is 115 Å². The Kier molecular flexibility index (Phi) is 6.34. The van der Waals surface area contributed by atoms with Crippen LogP contribution in [0.2, 0.25) is 19.6 Å². The molecule has 4 rings (SSSR count). The first-order valence-corrected chi connectivity index (χ1v) is 16.0. The third-order valence-corrected chi connectivity index (χ3v) is 9.74. The van der Waals surface area contributed by atoms with Gasteiger partial charge in [-0.05, 0) is 46.3 Å². The van der Waals surface area contributed by atoms with E-state index in [1.54, 1.807) is 0 Å². The molecule has 0 saturated carbocycles. The summed E-state index contributed by atoms with van der Waals surface area (Å²) in [7, 11) is -4.90. The number of hydrogen-bond acceptors (Lipinski definition) is 2. The van der Waals surface area contributed by atoms with E-state index in [4.69, 9.17) is 9.15 Å². The van der Waals surface area contributed by atoms with Crippen LogP contribution in [0.25, 0.3) is 11.1 Å². The van der Waals surface area contributed by atoms with Gasteiger partial charge in [-0.1, -0.05) is 115 Å². The van der Waals surface area contributed by atoms with Crippen molar-refractivity contribution in [3.63, 3.8) is 0 Å². The van der Waals surface area contributed by atoms with E-state index >= 15 is 0 Å². The van der Waals surface area contributed by atoms with Crippen molar-refractivity contribution < 1.29 is 9.15 Å². The van der Waals surface area contributed by atoms with Crippen molar-refractivity contribution in [2.45, 2.75) is 19.6 Å². The second-order valence-corrected chi connectivity index (χ2v) is 16.2. The third kappa shape index (κ3) is 4.62. The van der Waals surface area contributed by atoms with Crippen LogP contribution in [0.15, 0.2) is 115 Å². The lowest BCUT2D eigenvalue weighted by Crippen LogP contribution is -2.70. The lowest BCUT2D eigenvalue weighted by Gasteiger charge is -2.35. The SMILES string of the molecule is C[Si](C)(C)OO[Si](c1ccccc1)(c1ccccc1)c1ccccc1-c1ccccc1. The maximum Gasteiger partial charge on any atom is 0.330 e. The molecule has 0 aliphatic heterocycles. The highest BCUT2D eigenvalue weighted by molar-refractivity contribution is 7.07. The highest BCUT2D eigenvalue weighted by atomic mass is 28.4. The zero-order valence-electron chi connectivity index (χ0n) is 18.3. The molecular formula is C27H28O2Si2. The van der Waals surface area contributed by atoms with Crippen LogP contribution in [0.3, 0.4) is 0 Å². The molecule has 4 aromatic carbocycles. The highest BCUT2D eigenvalue weighted by Crippen LogP contribution is 2.22. The van der Waals surface area contributed by atoms with E-state index in [2.05, 4.69) is 135 Å². The van der Waals surface area contributed by atoms with Crippen LogP contribution in [0, 0.1) is 0 Å². The monoisotopic (exact) mass is 440 g/mol. The van der Waals surface area contributed by atoms with Gasteiger partial charge in [-0.3, -0.25) is 9.15 Å². The molecule has 0 heterocycles. The van der Waals surface area contributed by atoms with E-state index in [0.29, 0.717) is 0 Å². The van der Waals surface area contributed by atoms with E-state index in [1.807, 2.05) is 0 Å². The average Bonchev–Trinajstić information content (AvgIpc) is 2.81. The molecule has 0 aromatic heterocycles. The summed E-state index contributed by atoms with van der Waals surface area (Å²) < 4.78 is 13.0. The average molecular weight is 441 g/mol. The Morgan fingerprint density at radius 1 is 0.484 bits per heavy atom. The molecule has 156 valence electrons. The maximum absolute atomic E-state index is 6.72. The smallest absolute Gasteiger partial charge is 0.297 e. The summed E-state index contributed by atoms with van der Waals surface area (Å²) in [5.74, 6) is 0. The van der Waals surface area contributed by atoms with Crippen molar-refractivity contribution in [1.29, 1.82) is 0 Å². The minimum absolute atomic E-state index is 1.17. The standard InChI is InChI=1S/C27H28O2Si2/c1-30(2,3)28-29-31(24-17-9-5-10-18-24,25-19-11-6-12-20-25)27-22-14-13-21-26(27)23-15-7-4-8-16-23/h4-22H,1-3H3. The largest absolute Gasteiger partial charge is 0.330 e. The van der Waals surface area contributed by atoms with Crippen molar-refractivity contribution in [1.82, 2.24) is 0 Å². The van der Waals surface area contributed by atoms with Gasteiger partial charge in [0, 0.05) is 0 Å². The molecule has 0 aliphatic rings. The van der Waals surface area contributed by atoms with Gasteiger partial charge in [0.1, 0.15) is 0 Å². The summed E-state index contributed by atoms with van der Waals surface area (Å²) in [5.41, 5.74) is 2.36. The molecule has 0 aliphatic carbocycles. The molecule has 0 spiro atoms. The van der Waals surface area contributed by atoms with Crippen molar-refractivity contribution in [2.24, 2.45) is 0 Å². The summed E-state index contributed by atoms with van der Waals surface area (Å²) in [4.78, 5) is 0. The molecule has 0 radical (unpaired) electrons. The Balaban J connectivity index is 2.04. The summed E-state index contributed by atoms with van der Waals surface area (Å²) in [5, 5.41) is 3.53. The Bertz CT molecular complexity index is 1070. The van der Waals surface area contributed by atoms with E-state index < -0.39 is 16.6 Å². The molecular weight excluding hydrogens is 412 g/mol. The number of benzene rings is 4.